The highest BCUT2D eigenvalue weighted by Gasteiger charge is 2.24. The van der Waals surface area contributed by atoms with E-state index in [4.69, 9.17) is 26.4 Å². The summed E-state index contributed by atoms with van der Waals surface area (Å²) in [5.74, 6) is 0.958. The standard InChI is InChI=1S/C18H23N5O5S/c1-3-4-7-28-16-13(23(24)25)9-12(10-15(16)26-2)11-19-22-17(20-21-18(22)29)14-6-5-8-27-14/h9-11,14H,3-8H2,1-2H3,(H,21,29)/b19-11-. The molecule has 1 saturated heterocycles. The zero-order chi connectivity index (χ0) is 20.8. The molecule has 2 heterocycles. The number of ether oxygens (including phenoxy) is 3. The Balaban J connectivity index is 1.93. The van der Waals surface area contributed by atoms with Gasteiger partial charge in [-0.15, -0.1) is 0 Å². The van der Waals surface area contributed by atoms with Gasteiger partial charge in [0.1, 0.15) is 6.10 Å². The Bertz CT molecular complexity index is 949. The molecule has 2 aromatic rings. The number of aromatic amines is 1. The third kappa shape index (κ3) is 4.80. The number of benzene rings is 1. The number of nitro groups is 1. The summed E-state index contributed by atoms with van der Waals surface area (Å²) in [5, 5.41) is 22.8. The summed E-state index contributed by atoms with van der Waals surface area (Å²) in [6.45, 7) is 3.05. The van der Waals surface area contributed by atoms with Crippen LogP contribution < -0.4 is 9.47 Å². The zero-order valence-electron chi connectivity index (χ0n) is 16.3. The maximum absolute atomic E-state index is 11.6. The number of rotatable bonds is 9. The predicted molar refractivity (Wildman–Crippen MR) is 108 cm³/mol. The lowest BCUT2D eigenvalue weighted by Crippen LogP contribution is -2.06. The van der Waals surface area contributed by atoms with Gasteiger partial charge >= 0.3 is 5.69 Å². The van der Waals surface area contributed by atoms with E-state index in [1.165, 1.54) is 24.1 Å². The molecule has 10 nitrogen and oxygen atoms in total. The molecule has 29 heavy (non-hydrogen) atoms. The van der Waals surface area contributed by atoms with Gasteiger partial charge in [-0.05, 0) is 37.5 Å². The second-order valence-electron chi connectivity index (χ2n) is 6.48. The Hall–Kier alpha value is -2.79. The Morgan fingerprint density at radius 1 is 1.55 bits per heavy atom. The van der Waals surface area contributed by atoms with Crippen molar-refractivity contribution in [2.75, 3.05) is 20.3 Å². The Kier molecular flexibility index (Phi) is 6.94. The quantitative estimate of drug-likeness (QED) is 0.215. The van der Waals surface area contributed by atoms with Crippen molar-refractivity contribution in [1.29, 1.82) is 0 Å². The molecule has 0 saturated carbocycles. The number of hydrogen-bond acceptors (Lipinski definition) is 8. The van der Waals surface area contributed by atoms with Crippen LogP contribution in [0.15, 0.2) is 17.2 Å². The van der Waals surface area contributed by atoms with Gasteiger partial charge in [0.25, 0.3) is 0 Å². The average molecular weight is 421 g/mol. The first-order valence-electron chi connectivity index (χ1n) is 9.37. The van der Waals surface area contributed by atoms with E-state index in [2.05, 4.69) is 15.3 Å². The second kappa shape index (κ2) is 9.61. The van der Waals surface area contributed by atoms with Gasteiger partial charge in [-0.3, -0.25) is 15.2 Å². The van der Waals surface area contributed by atoms with E-state index in [0.29, 0.717) is 29.4 Å². The van der Waals surface area contributed by atoms with Gasteiger partial charge in [0.05, 0.1) is 24.9 Å². The zero-order valence-corrected chi connectivity index (χ0v) is 17.1. The number of H-pyrrole nitrogens is 1. The van der Waals surface area contributed by atoms with E-state index in [-0.39, 0.29) is 23.3 Å². The number of aromatic nitrogens is 3. The SMILES string of the molecule is CCCCOc1c(OC)cc(/C=N\n2c(C3CCCO3)n[nH]c2=S)cc1[N+](=O)[O-]. The molecule has 1 aliphatic heterocycles. The minimum absolute atomic E-state index is 0.114. The molecule has 1 aromatic carbocycles. The van der Waals surface area contributed by atoms with Crippen LogP contribution in [0.4, 0.5) is 5.69 Å². The summed E-state index contributed by atoms with van der Waals surface area (Å²) in [6, 6.07) is 3.02. The van der Waals surface area contributed by atoms with Gasteiger partial charge in [-0.2, -0.15) is 14.9 Å². The molecule has 156 valence electrons. The van der Waals surface area contributed by atoms with E-state index in [9.17, 15) is 10.1 Å². The summed E-state index contributed by atoms with van der Waals surface area (Å²) < 4.78 is 18.3. The Morgan fingerprint density at radius 2 is 2.38 bits per heavy atom. The van der Waals surface area contributed by atoms with Gasteiger partial charge < -0.3 is 14.2 Å². The molecule has 1 fully saturated rings. The maximum atomic E-state index is 11.6. The fourth-order valence-electron chi connectivity index (χ4n) is 2.96. The highest BCUT2D eigenvalue weighted by Crippen LogP contribution is 2.38. The van der Waals surface area contributed by atoms with E-state index >= 15 is 0 Å². The highest BCUT2D eigenvalue weighted by atomic mass is 32.1. The Labute approximate surface area is 172 Å². The van der Waals surface area contributed by atoms with E-state index in [1.807, 2.05) is 6.92 Å². The van der Waals surface area contributed by atoms with Crippen LogP contribution in [-0.2, 0) is 4.74 Å². The third-order valence-electron chi connectivity index (χ3n) is 4.43. The van der Waals surface area contributed by atoms with Gasteiger partial charge in [0.2, 0.25) is 10.5 Å². The predicted octanol–water partition coefficient (Wildman–Crippen LogP) is 3.77. The van der Waals surface area contributed by atoms with Crippen LogP contribution in [0.3, 0.4) is 0 Å². The number of nitro benzene ring substituents is 1. The first-order chi connectivity index (χ1) is 14.0. The van der Waals surface area contributed by atoms with Crippen molar-refractivity contribution in [3.63, 3.8) is 0 Å². The molecule has 0 radical (unpaired) electrons. The first-order valence-corrected chi connectivity index (χ1v) is 9.78. The molecule has 11 heteroatoms. The molecule has 1 aromatic heterocycles. The van der Waals surface area contributed by atoms with Crippen LogP contribution in [0.25, 0.3) is 0 Å². The van der Waals surface area contributed by atoms with E-state index < -0.39 is 4.92 Å². The summed E-state index contributed by atoms with van der Waals surface area (Å²) in [6.07, 6.45) is 4.76. The lowest BCUT2D eigenvalue weighted by molar-refractivity contribution is -0.386. The van der Waals surface area contributed by atoms with Crippen LogP contribution in [0.5, 0.6) is 11.5 Å². The molecule has 1 atom stereocenters. The number of nitrogens with zero attached hydrogens (tertiary/aromatic N) is 4. The minimum atomic E-state index is -0.498. The van der Waals surface area contributed by atoms with Gasteiger partial charge in [-0.25, -0.2) is 0 Å². The molecule has 0 bridgehead atoms. The fraction of sp³-hybridized carbons (Fsp3) is 0.500. The Morgan fingerprint density at radius 3 is 3.03 bits per heavy atom. The largest absolute Gasteiger partial charge is 0.493 e. The van der Waals surface area contributed by atoms with Crippen LogP contribution >= 0.6 is 12.2 Å². The third-order valence-corrected chi connectivity index (χ3v) is 4.70. The van der Waals surface area contributed by atoms with Crippen molar-refractivity contribution < 1.29 is 19.1 Å². The number of hydrogen-bond donors (Lipinski definition) is 1. The second-order valence-corrected chi connectivity index (χ2v) is 6.86. The topological polar surface area (TPSA) is 117 Å². The van der Waals surface area contributed by atoms with Crippen molar-refractivity contribution in [2.45, 2.75) is 38.7 Å². The number of unbranched alkanes of at least 4 members (excludes halogenated alkanes) is 1. The highest BCUT2D eigenvalue weighted by molar-refractivity contribution is 7.71. The molecule has 1 N–H and O–H groups in total. The summed E-state index contributed by atoms with van der Waals surface area (Å²) in [5.41, 5.74) is 0.287. The van der Waals surface area contributed by atoms with Crippen LogP contribution in [0, 0.1) is 14.9 Å². The van der Waals surface area contributed by atoms with Crippen molar-refractivity contribution >= 4 is 24.1 Å². The molecule has 0 spiro atoms. The maximum Gasteiger partial charge on any atom is 0.315 e. The lowest BCUT2D eigenvalue weighted by atomic mass is 10.2. The van der Waals surface area contributed by atoms with Gasteiger partial charge in [0, 0.05) is 18.2 Å². The lowest BCUT2D eigenvalue weighted by Gasteiger charge is -2.11. The molecule has 1 aliphatic rings. The normalized spacial score (nSPS) is 16.4. The van der Waals surface area contributed by atoms with Crippen molar-refractivity contribution in [2.24, 2.45) is 5.10 Å². The summed E-state index contributed by atoms with van der Waals surface area (Å²) in [4.78, 5) is 11.1. The number of methoxy groups -OCH3 is 1. The van der Waals surface area contributed by atoms with Crippen molar-refractivity contribution in [3.8, 4) is 11.5 Å². The summed E-state index contributed by atoms with van der Waals surface area (Å²) >= 11 is 5.24. The molecule has 0 amide bonds. The molecule has 1 unspecified atom stereocenters. The fourth-order valence-corrected chi connectivity index (χ4v) is 3.15. The van der Waals surface area contributed by atoms with Crippen molar-refractivity contribution in [1.82, 2.24) is 14.9 Å². The van der Waals surface area contributed by atoms with Gasteiger partial charge in [-0.1, -0.05) is 13.3 Å². The molecular weight excluding hydrogens is 398 g/mol. The minimum Gasteiger partial charge on any atom is -0.493 e. The van der Waals surface area contributed by atoms with E-state index in [0.717, 1.165) is 25.7 Å². The average Bonchev–Trinajstić information content (AvgIpc) is 3.36. The number of nitrogens with one attached hydrogen (secondary N) is 1. The first kappa shape index (κ1) is 20.9. The van der Waals surface area contributed by atoms with Gasteiger partial charge in [0.15, 0.2) is 11.6 Å². The summed E-state index contributed by atoms with van der Waals surface area (Å²) in [7, 11) is 1.44. The van der Waals surface area contributed by atoms with Crippen molar-refractivity contribution in [3.05, 3.63) is 38.4 Å². The smallest absolute Gasteiger partial charge is 0.315 e. The van der Waals surface area contributed by atoms with Crippen LogP contribution in [0.2, 0.25) is 0 Å². The molecule has 0 aliphatic carbocycles. The van der Waals surface area contributed by atoms with Crippen LogP contribution in [-0.4, -0.2) is 46.3 Å². The van der Waals surface area contributed by atoms with E-state index in [1.54, 1.807) is 6.07 Å². The monoisotopic (exact) mass is 421 g/mol. The molecular formula is C18H23N5O5S. The van der Waals surface area contributed by atoms with Crippen LogP contribution in [0.1, 0.15) is 50.1 Å². The molecule has 3 rings (SSSR count).